The molecule has 3 aromatic heterocycles. The van der Waals surface area contributed by atoms with Gasteiger partial charge in [-0.05, 0) is 19.9 Å². The van der Waals surface area contributed by atoms with E-state index in [0.717, 1.165) is 30.3 Å². The minimum Gasteiger partial charge on any atom is -0.467 e. The number of ether oxygens (including phenoxy) is 1. The summed E-state index contributed by atoms with van der Waals surface area (Å²) in [5.74, 6) is 1.19. The monoisotopic (exact) mass is 368 g/mol. The van der Waals surface area contributed by atoms with Gasteiger partial charge >= 0.3 is 0 Å². The Morgan fingerprint density at radius 2 is 2.00 bits per heavy atom. The van der Waals surface area contributed by atoms with Gasteiger partial charge in [-0.15, -0.1) is 15.3 Å². The largest absolute Gasteiger partial charge is 0.467 e. The molecule has 27 heavy (non-hydrogen) atoms. The molecule has 0 aliphatic carbocycles. The summed E-state index contributed by atoms with van der Waals surface area (Å²) in [6.07, 6.45) is 3.25. The molecule has 0 unspecified atom stereocenters. The van der Waals surface area contributed by atoms with Gasteiger partial charge in [0, 0.05) is 38.4 Å². The second-order valence-electron chi connectivity index (χ2n) is 6.38. The van der Waals surface area contributed by atoms with Crippen molar-refractivity contribution < 1.29 is 9.53 Å². The first-order valence-corrected chi connectivity index (χ1v) is 8.73. The van der Waals surface area contributed by atoms with Crippen molar-refractivity contribution in [3.63, 3.8) is 0 Å². The lowest BCUT2D eigenvalue weighted by molar-refractivity contribution is -0.133. The average molecular weight is 368 g/mol. The van der Waals surface area contributed by atoms with Crippen molar-refractivity contribution in [2.24, 2.45) is 0 Å². The van der Waals surface area contributed by atoms with Gasteiger partial charge in [0.1, 0.15) is 12.1 Å². The molecule has 4 rings (SSSR count). The highest BCUT2D eigenvalue weighted by Gasteiger charge is 2.23. The van der Waals surface area contributed by atoms with Crippen LogP contribution in [0.4, 0.5) is 5.82 Å². The molecule has 1 saturated heterocycles. The van der Waals surface area contributed by atoms with Gasteiger partial charge < -0.3 is 14.5 Å². The molecule has 0 aromatic carbocycles. The fourth-order valence-corrected chi connectivity index (χ4v) is 3.01. The third-order valence-electron chi connectivity index (χ3n) is 4.46. The summed E-state index contributed by atoms with van der Waals surface area (Å²) in [4.78, 5) is 25.4. The van der Waals surface area contributed by atoms with Crippen LogP contribution in [0.3, 0.4) is 0 Å². The first-order valence-electron chi connectivity index (χ1n) is 8.73. The fourth-order valence-electron chi connectivity index (χ4n) is 3.01. The average Bonchev–Trinajstić information content (AvgIpc) is 3.16. The van der Waals surface area contributed by atoms with E-state index in [1.807, 2.05) is 13.8 Å². The molecule has 140 valence electrons. The molecule has 0 radical (unpaired) electrons. The molecule has 1 aliphatic heterocycles. The minimum atomic E-state index is -0.0626. The summed E-state index contributed by atoms with van der Waals surface area (Å²) in [5.41, 5.74) is 2.42. The van der Waals surface area contributed by atoms with Crippen molar-refractivity contribution in [1.29, 1.82) is 0 Å². The lowest BCUT2D eigenvalue weighted by Crippen LogP contribution is -2.50. The maximum atomic E-state index is 12.4. The molecule has 0 spiro atoms. The van der Waals surface area contributed by atoms with E-state index < -0.39 is 0 Å². The van der Waals surface area contributed by atoms with Crippen molar-refractivity contribution in [2.45, 2.75) is 13.8 Å². The molecule has 10 nitrogen and oxygen atoms in total. The lowest BCUT2D eigenvalue weighted by atomic mass is 10.3. The molecule has 0 saturated carbocycles. The Balaban J connectivity index is 1.32. The number of hydrogen-bond acceptors (Lipinski definition) is 8. The second kappa shape index (κ2) is 7.14. The Morgan fingerprint density at radius 1 is 1.19 bits per heavy atom. The second-order valence-corrected chi connectivity index (χ2v) is 6.38. The zero-order valence-electron chi connectivity index (χ0n) is 15.2. The van der Waals surface area contributed by atoms with Gasteiger partial charge in [-0.2, -0.15) is 4.52 Å². The van der Waals surface area contributed by atoms with Gasteiger partial charge in [0.25, 0.3) is 5.91 Å². The number of piperazine rings is 1. The first kappa shape index (κ1) is 17.1. The molecular formula is C17H20N8O2. The quantitative estimate of drug-likeness (QED) is 0.646. The van der Waals surface area contributed by atoms with Crippen molar-refractivity contribution in [2.75, 3.05) is 37.7 Å². The number of carbonyl (C=O) groups excluding carboxylic acids is 1. The Labute approximate surface area is 155 Å². The van der Waals surface area contributed by atoms with Crippen LogP contribution < -0.4 is 9.64 Å². The molecule has 10 heteroatoms. The number of fused-ring (bicyclic) bond motifs is 1. The van der Waals surface area contributed by atoms with Crippen LogP contribution in [0.2, 0.25) is 0 Å². The van der Waals surface area contributed by atoms with Crippen LogP contribution in [0, 0.1) is 13.8 Å². The van der Waals surface area contributed by atoms with Gasteiger partial charge in [-0.3, -0.25) is 9.78 Å². The van der Waals surface area contributed by atoms with Crippen molar-refractivity contribution in [3.05, 3.63) is 36.0 Å². The SMILES string of the molecule is Cc1cnc(C)c(N2CCN(C(=O)COc3ccc4nncn4n3)CC2)n1. The normalized spacial score (nSPS) is 14.6. The van der Waals surface area contributed by atoms with Crippen LogP contribution in [-0.2, 0) is 4.79 Å². The van der Waals surface area contributed by atoms with E-state index in [-0.39, 0.29) is 12.5 Å². The minimum absolute atomic E-state index is 0.0517. The molecule has 1 fully saturated rings. The van der Waals surface area contributed by atoms with E-state index in [9.17, 15) is 4.79 Å². The van der Waals surface area contributed by atoms with Crippen LogP contribution >= 0.6 is 0 Å². The van der Waals surface area contributed by atoms with E-state index in [4.69, 9.17) is 4.74 Å². The predicted octanol–water partition coefficient (Wildman–Crippen LogP) is 0.259. The number of anilines is 1. The molecule has 0 N–H and O–H groups in total. The standard InChI is InChI=1S/C17H20N8O2/c1-12-9-18-13(2)17(20-12)24-7-5-23(6-8-24)16(26)10-27-15-4-3-14-21-19-11-25(14)22-15/h3-4,9,11H,5-8,10H2,1-2H3. The molecule has 0 atom stereocenters. The third kappa shape index (κ3) is 3.64. The first-order chi connectivity index (χ1) is 13.1. The van der Waals surface area contributed by atoms with Crippen molar-refractivity contribution in [1.82, 2.24) is 34.7 Å². The number of aromatic nitrogens is 6. The number of hydrogen-bond donors (Lipinski definition) is 0. The van der Waals surface area contributed by atoms with E-state index in [1.54, 1.807) is 23.2 Å². The van der Waals surface area contributed by atoms with Crippen LogP contribution in [0.25, 0.3) is 5.65 Å². The topological polar surface area (TPSA) is 102 Å². The maximum Gasteiger partial charge on any atom is 0.260 e. The third-order valence-corrected chi connectivity index (χ3v) is 4.46. The summed E-state index contributed by atoms with van der Waals surface area (Å²) in [6.45, 7) is 6.50. The molecule has 4 heterocycles. The zero-order chi connectivity index (χ0) is 18.8. The van der Waals surface area contributed by atoms with Crippen molar-refractivity contribution >= 4 is 17.4 Å². The molecule has 1 amide bonds. The summed E-state index contributed by atoms with van der Waals surface area (Å²) in [7, 11) is 0. The van der Waals surface area contributed by atoms with Crippen LogP contribution in [-0.4, -0.2) is 73.4 Å². The smallest absolute Gasteiger partial charge is 0.260 e. The highest BCUT2D eigenvalue weighted by Crippen LogP contribution is 2.17. The summed E-state index contributed by atoms with van der Waals surface area (Å²) in [6, 6.07) is 3.41. The molecule has 0 bridgehead atoms. The Kier molecular flexibility index (Phi) is 4.53. The summed E-state index contributed by atoms with van der Waals surface area (Å²) < 4.78 is 7.03. The number of aryl methyl sites for hydroxylation is 2. The molecular weight excluding hydrogens is 348 g/mol. The number of rotatable bonds is 4. The zero-order valence-corrected chi connectivity index (χ0v) is 15.2. The molecule has 3 aromatic rings. The lowest BCUT2D eigenvalue weighted by Gasteiger charge is -2.35. The Bertz CT molecular complexity index is 964. The Hall–Kier alpha value is -3.30. The van der Waals surface area contributed by atoms with E-state index in [0.29, 0.717) is 24.6 Å². The summed E-state index contributed by atoms with van der Waals surface area (Å²) in [5, 5.41) is 11.8. The van der Waals surface area contributed by atoms with Gasteiger partial charge in [-0.25, -0.2) is 4.98 Å². The number of nitrogens with zero attached hydrogens (tertiary/aromatic N) is 8. The van der Waals surface area contributed by atoms with Crippen LogP contribution in [0.1, 0.15) is 11.4 Å². The molecule has 1 aliphatic rings. The number of carbonyl (C=O) groups is 1. The Morgan fingerprint density at radius 3 is 2.81 bits per heavy atom. The van der Waals surface area contributed by atoms with Gasteiger partial charge in [0.2, 0.25) is 5.88 Å². The van der Waals surface area contributed by atoms with Crippen molar-refractivity contribution in [3.8, 4) is 5.88 Å². The van der Waals surface area contributed by atoms with Gasteiger partial charge in [0.05, 0.1) is 11.4 Å². The van der Waals surface area contributed by atoms with Crippen LogP contribution in [0.15, 0.2) is 24.7 Å². The van der Waals surface area contributed by atoms with Crippen LogP contribution in [0.5, 0.6) is 5.88 Å². The fraction of sp³-hybridized carbons (Fsp3) is 0.412. The summed E-state index contributed by atoms with van der Waals surface area (Å²) >= 11 is 0. The van der Waals surface area contributed by atoms with Gasteiger partial charge in [-0.1, -0.05) is 0 Å². The van der Waals surface area contributed by atoms with E-state index in [2.05, 4.69) is 30.2 Å². The predicted molar refractivity (Wildman–Crippen MR) is 96.6 cm³/mol. The number of amides is 1. The van der Waals surface area contributed by atoms with E-state index in [1.165, 1.54) is 10.8 Å². The maximum absolute atomic E-state index is 12.4. The van der Waals surface area contributed by atoms with E-state index >= 15 is 0 Å². The highest BCUT2D eigenvalue weighted by atomic mass is 16.5. The van der Waals surface area contributed by atoms with Gasteiger partial charge in [0.15, 0.2) is 12.3 Å². The highest BCUT2D eigenvalue weighted by molar-refractivity contribution is 5.78.